The van der Waals surface area contributed by atoms with Crippen LogP contribution in [0.4, 0.5) is 0 Å². The molecule has 0 heterocycles. The molecule has 2 heteroatoms. The average molecular weight is 317 g/mol. The van der Waals surface area contributed by atoms with Gasteiger partial charge >= 0.3 is 0 Å². The fraction of sp³-hybridized carbons (Fsp3) is 0.538. The molecular weight excluding hydrogens is 297 g/mol. The third-order valence-electron chi connectivity index (χ3n) is 2.72. The highest BCUT2D eigenvalue weighted by molar-refractivity contribution is 14.1. The van der Waals surface area contributed by atoms with Gasteiger partial charge in [-0.1, -0.05) is 59.8 Å². The summed E-state index contributed by atoms with van der Waals surface area (Å²) in [5, 5.41) is 3.51. The standard InChI is InChI=1S/C13H20IN/c1-2-13(15-11-14)10-6-9-12-7-4-3-5-8-12/h3-5,7-8,13,15H,2,6,9-11H2,1H3. The van der Waals surface area contributed by atoms with Crippen LogP contribution in [-0.2, 0) is 6.42 Å². The fourth-order valence-electron chi connectivity index (χ4n) is 1.76. The number of aryl methyl sites for hydroxylation is 1. The van der Waals surface area contributed by atoms with E-state index in [1.54, 1.807) is 0 Å². The predicted octanol–water partition coefficient (Wildman–Crippen LogP) is 3.77. The van der Waals surface area contributed by atoms with Crippen molar-refractivity contribution in [3.8, 4) is 0 Å². The molecule has 0 bridgehead atoms. The molecule has 15 heavy (non-hydrogen) atoms. The van der Waals surface area contributed by atoms with E-state index in [1.807, 2.05) is 0 Å². The molecular formula is C13H20IN. The van der Waals surface area contributed by atoms with Gasteiger partial charge in [0.05, 0.1) is 0 Å². The normalized spacial score (nSPS) is 12.7. The molecule has 0 aromatic heterocycles. The first-order valence-electron chi connectivity index (χ1n) is 5.70. The molecule has 0 aliphatic carbocycles. The minimum atomic E-state index is 0.700. The van der Waals surface area contributed by atoms with Crippen molar-refractivity contribution in [1.29, 1.82) is 0 Å². The molecule has 1 aromatic rings. The van der Waals surface area contributed by atoms with Gasteiger partial charge in [0.25, 0.3) is 0 Å². The van der Waals surface area contributed by atoms with E-state index < -0.39 is 0 Å². The Balaban J connectivity index is 2.20. The Morgan fingerprint density at radius 2 is 2.00 bits per heavy atom. The lowest BCUT2D eigenvalue weighted by Crippen LogP contribution is -2.26. The molecule has 1 N–H and O–H groups in total. The van der Waals surface area contributed by atoms with E-state index in [4.69, 9.17) is 0 Å². The lowest BCUT2D eigenvalue weighted by molar-refractivity contribution is 0.489. The quantitative estimate of drug-likeness (QED) is 0.459. The maximum atomic E-state index is 3.51. The van der Waals surface area contributed by atoms with Crippen molar-refractivity contribution < 1.29 is 0 Å². The van der Waals surface area contributed by atoms with Gasteiger partial charge in [-0.15, -0.1) is 0 Å². The minimum absolute atomic E-state index is 0.700. The van der Waals surface area contributed by atoms with Gasteiger partial charge in [0.15, 0.2) is 0 Å². The van der Waals surface area contributed by atoms with Crippen LogP contribution in [0.25, 0.3) is 0 Å². The van der Waals surface area contributed by atoms with Crippen LogP contribution in [0.5, 0.6) is 0 Å². The second-order valence-electron chi connectivity index (χ2n) is 3.82. The summed E-state index contributed by atoms with van der Waals surface area (Å²) in [5.41, 5.74) is 1.46. The van der Waals surface area contributed by atoms with Crippen LogP contribution >= 0.6 is 22.6 Å². The van der Waals surface area contributed by atoms with E-state index in [1.165, 1.54) is 31.2 Å². The SMILES string of the molecule is CCC(CCCc1ccccc1)NCI. The van der Waals surface area contributed by atoms with E-state index >= 15 is 0 Å². The van der Waals surface area contributed by atoms with Crippen LogP contribution in [0.15, 0.2) is 30.3 Å². The highest BCUT2D eigenvalue weighted by Crippen LogP contribution is 2.08. The smallest absolute Gasteiger partial charge is 0.0482 e. The molecule has 84 valence electrons. The Labute approximate surface area is 107 Å². The first-order valence-corrected chi connectivity index (χ1v) is 7.22. The van der Waals surface area contributed by atoms with E-state index in [2.05, 4.69) is 65.2 Å². The Kier molecular flexibility index (Phi) is 7.01. The Hall–Kier alpha value is -0.0900. The van der Waals surface area contributed by atoms with Gasteiger partial charge < -0.3 is 5.32 Å². The van der Waals surface area contributed by atoms with Crippen LogP contribution in [-0.4, -0.2) is 10.6 Å². The second-order valence-corrected chi connectivity index (χ2v) is 4.58. The van der Waals surface area contributed by atoms with Gasteiger partial charge in [0.1, 0.15) is 0 Å². The highest BCUT2D eigenvalue weighted by Gasteiger charge is 2.03. The van der Waals surface area contributed by atoms with Gasteiger partial charge in [-0.3, -0.25) is 0 Å². The highest BCUT2D eigenvalue weighted by atomic mass is 127. The first kappa shape index (κ1) is 13.0. The molecule has 0 fully saturated rings. The Bertz CT molecular complexity index is 248. The molecule has 0 spiro atoms. The summed E-state index contributed by atoms with van der Waals surface area (Å²) in [6.45, 7) is 2.26. The first-order chi connectivity index (χ1) is 7.36. The minimum Gasteiger partial charge on any atom is -0.305 e. The fourth-order valence-corrected chi connectivity index (χ4v) is 2.38. The molecule has 0 saturated heterocycles. The molecule has 1 aromatic carbocycles. The average Bonchev–Trinajstić information content (AvgIpc) is 2.29. The number of benzene rings is 1. The van der Waals surface area contributed by atoms with Gasteiger partial charge in [0.2, 0.25) is 0 Å². The van der Waals surface area contributed by atoms with Crippen molar-refractivity contribution in [3.05, 3.63) is 35.9 Å². The van der Waals surface area contributed by atoms with Gasteiger partial charge in [-0.05, 0) is 31.2 Å². The molecule has 1 atom stereocenters. The Morgan fingerprint density at radius 1 is 1.27 bits per heavy atom. The van der Waals surface area contributed by atoms with Gasteiger partial charge in [0, 0.05) is 10.6 Å². The molecule has 0 saturated carbocycles. The zero-order valence-electron chi connectivity index (χ0n) is 9.38. The van der Waals surface area contributed by atoms with Crippen molar-refractivity contribution in [2.75, 3.05) is 4.55 Å². The lowest BCUT2D eigenvalue weighted by Gasteiger charge is -2.14. The van der Waals surface area contributed by atoms with Crippen LogP contribution in [0.2, 0.25) is 0 Å². The van der Waals surface area contributed by atoms with Crippen LogP contribution in [0, 0.1) is 0 Å². The summed E-state index contributed by atoms with van der Waals surface area (Å²) in [4.78, 5) is 0. The van der Waals surface area contributed by atoms with Crippen molar-refractivity contribution in [2.24, 2.45) is 0 Å². The summed E-state index contributed by atoms with van der Waals surface area (Å²) in [6, 6.07) is 11.5. The van der Waals surface area contributed by atoms with E-state index in [0.717, 1.165) is 4.55 Å². The molecule has 0 amide bonds. The zero-order chi connectivity index (χ0) is 10.9. The van der Waals surface area contributed by atoms with E-state index in [9.17, 15) is 0 Å². The molecule has 1 rings (SSSR count). The number of rotatable bonds is 7. The molecule has 0 radical (unpaired) electrons. The van der Waals surface area contributed by atoms with Crippen molar-refractivity contribution in [1.82, 2.24) is 5.32 Å². The van der Waals surface area contributed by atoms with Crippen LogP contribution in [0.1, 0.15) is 31.7 Å². The Morgan fingerprint density at radius 3 is 2.60 bits per heavy atom. The summed E-state index contributed by atoms with van der Waals surface area (Å²) >= 11 is 2.38. The predicted molar refractivity (Wildman–Crippen MR) is 75.5 cm³/mol. The number of hydrogen-bond acceptors (Lipinski definition) is 1. The van der Waals surface area contributed by atoms with Crippen molar-refractivity contribution in [2.45, 2.75) is 38.6 Å². The summed E-state index contributed by atoms with van der Waals surface area (Å²) < 4.78 is 1.06. The number of hydrogen-bond donors (Lipinski definition) is 1. The van der Waals surface area contributed by atoms with Crippen molar-refractivity contribution in [3.63, 3.8) is 0 Å². The van der Waals surface area contributed by atoms with E-state index in [0.29, 0.717) is 6.04 Å². The second kappa shape index (κ2) is 8.11. The van der Waals surface area contributed by atoms with E-state index in [-0.39, 0.29) is 0 Å². The maximum Gasteiger partial charge on any atom is 0.0482 e. The zero-order valence-corrected chi connectivity index (χ0v) is 11.5. The van der Waals surface area contributed by atoms with Crippen LogP contribution < -0.4 is 5.32 Å². The van der Waals surface area contributed by atoms with Crippen LogP contribution in [0.3, 0.4) is 0 Å². The lowest BCUT2D eigenvalue weighted by atomic mass is 10.0. The van der Waals surface area contributed by atoms with Gasteiger partial charge in [-0.25, -0.2) is 0 Å². The maximum absolute atomic E-state index is 3.51. The third kappa shape index (κ3) is 5.52. The monoisotopic (exact) mass is 317 g/mol. The van der Waals surface area contributed by atoms with Gasteiger partial charge in [-0.2, -0.15) is 0 Å². The van der Waals surface area contributed by atoms with Crippen molar-refractivity contribution >= 4 is 22.6 Å². The summed E-state index contributed by atoms with van der Waals surface area (Å²) in [6.07, 6.45) is 5.01. The molecule has 1 nitrogen and oxygen atoms in total. The topological polar surface area (TPSA) is 12.0 Å². The molecule has 1 unspecified atom stereocenters. The third-order valence-corrected chi connectivity index (χ3v) is 3.16. The molecule has 0 aliphatic rings. The number of nitrogens with one attached hydrogen (secondary N) is 1. The summed E-state index contributed by atoms with van der Waals surface area (Å²) in [7, 11) is 0. The number of halogens is 1. The molecule has 0 aliphatic heterocycles. The largest absolute Gasteiger partial charge is 0.305 e. The number of alkyl halides is 1. The summed E-state index contributed by atoms with van der Waals surface area (Å²) in [5.74, 6) is 0.